The number of rotatable bonds is 7. The molecule has 8 nitrogen and oxygen atoms in total. The van der Waals surface area contributed by atoms with Gasteiger partial charge in [0, 0.05) is 29.7 Å². The molecule has 0 bridgehead atoms. The van der Waals surface area contributed by atoms with Crippen molar-refractivity contribution in [2.45, 2.75) is 24.7 Å². The Morgan fingerprint density at radius 1 is 1.16 bits per heavy atom. The van der Waals surface area contributed by atoms with Crippen LogP contribution in [0.2, 0.25) is 5.02 Å². The van der Waals surface area contributed by atoms with Crippen LogP contribution in [0.3, 0.4) is 0 Å². The molecule has 3 rings (SSSR count). The lowest BCUT2D eigenvalue weighted by Crippen LogP contribution is -2.43. The minimum absolute atomic E-state index is 0.0761. The summed E-state index contributed by atoms with van der Waals surface area (Å²) in [6, 6.07) is 10.8. The van der Waals surface area contributed by atoms with E-state index >= 15 is 0 Å². The number of likely N-dealkylation sites (tertiary alicyclic amines) is 1. The van der Waals surface area contributed by atoms with Crippen LogP contribution in [0.1, 0.15) is 18.4 Å². The molecule has 0 atom stereocenters. The number of anilines is 1. The Kier molecular flexibility index (Phi) is 7.07. The first-order chi connectivity index (χ1) is 14.7. The second-order valence-corrected chi connectivity index (χ2v) is 9.50. The molecule has 2 aromatic carbocycles. The van der Waals surface area contributed by atoms with E-state index in [1.165, 1.54) is 18.2 Å². The molecule has 1 aliphatic rings. The molecule has 0 spiro atoms. The predicted molar refractivity (Wildman–Crippen MR) is 117 cm³/mol. The number of carbonyl (C=O) groups is 2. The van der Waals surface area contributed by atoms with Crippen LogP contribution in [0.15, 0.2) is 47.4 Å². The molecule has 1 aliphatic heterocycles. The normalized spacial score (nSPS) is 14.8. The van der Waals surface area contributed by atoms with Crippen LogP contribution in [-0.4, -0.2) is 44.8 Å². The summed E-state index contributed by atoms with van der Waals surface area (Å²) in [5, 5.41) is 0.507. The monoisotopic (exact) mass is 465 g/mol. The number of carbonyl (C=O) groups excluding carboxylic acids is 2. The zero-order chi connectivity index (χ0) is 22.6. The largest absolute Gasteiger partial charge is 0.483 e. The maximum atomic E-state index is 12.6. The van der Waals surface area contributed by atoms with Gasteiger partial charge in [0.15, 0.2) is 6.61 Å². The zero-order valence-electron chi connectivity index (χ0n) is 17.0. The van der Waals surface area contributed by atoms with Crippen LogP contribution in [-0.2, 0) is 19.6 Å². The van der Waals surface area contributed by atoms with Crippen molar-refractivity contribution < 1.29 is 22.7 Å². The number of amides is 2. The Hall–Kier alpha value is -2.78. The number of aryl methyl sites for hydroxylation is 1. The van der Waals surface area contributed by atoms with Crippen molar-refractivity contribution in [2.24, 2.45) is 11.7 Å². The average Bonchev–Trinajstić information content (AvgIpc) is 2.74. The summed E-state index contributed by atoms with van der Waals surface area (Å²) in [7, 11) is -3.79. The molecule has 166 valence electrons. The first kappa shape index (κ1) is 22.9. The molecule has 0 aromatic heterocycles. The molecular weight excluding hydrogens is 442 g/mol. The van der Waals surface area contributed by atoms with Gasteiger partial charge in [-0.1, -0.05) is 11.6 Å². The highest BCUT2D eigenvalue weighted by molar-refractivity contribution is 7.92. The number of ether oxygens (including phenoxy) is 1. The number of nitrogens with one attached hydrogen (secondary N) is 1. The molecular formula is C21H24ClN3O5S. The number of nitrogens with two attached hydrogens (primary N) is 1. The number of sulfonamides is 1. The predicted octanol–water partition coefficient (Wildman–Crippen LogP) is 2.55. The van der Waals surface area contributed by atoms with Gasteiger partial charge in [-0.3, -0.25) is 14.3 Å². The molecule has 0 unspecified atom stereocenters. The summed E-state index contributed by atoms with van der Waals surface area (Å²) in [6.07, 6.45) is 1.10. The van der Waals surface area contributed by atoms with E-state index in [4.69, 9.17) is 22.1 Å². The second-order valence-electron chi connectivity index (χ2n) is 7.39. The van der Waals surface area contributed by atoms with E-state index < -0.39 is 10.0 Å². The minimum Gasteiger partial charge on any atom is -0.483 e. The Morgan fingerprint density at radius 3 is 2.39 bits per heavy atom. The van der Waals surface area contributed by atoms with Gasteiger partial charge < -0.3 is 15.4 Å². The van der Waals surface area contributed by atoms with Crippen molar-refractivity contribution in [3.63, 3.8) is 0 Å². The average molecular weight is 466 g/mol. The summed E-state index contributed by atoms with van der Waals surface area (Å²) in [5.74, 6) is -0.294. The van der Waals surface area contributed by atoms with Gasteiger partial charge in [-0.05, 0) is 67.8 Å². The third-order valence-electron chi connectivity index (χ3n) is 5.15. The van der Waals surface area contributed by atoms with Crippen molar-refractivity contribution in [1.82, 2.24) is 4.90 Å². The van der Waals surface area contributed by atoms with E-state index in [-0.39, 0.29) is 29.2 Å². The van der Waals surface area contributed by atoms with Gasteiger partial charge in [0.1, 0.15) is 5.75 Å². The number of piperidine rings is 1. The Balaban J connectivity index is 1.59. The number of primary amides is 1. The number of hydrogen-bond donors (Lipinski definition) is 2. The van der Waals surface area contributed by atoms with Crippen LogP contribution in [0, 0.1) is 12.8 Å². The Labute approximate surface area is 186 Å². The topological polar surface area (TPSA) is 119 Å². The van der Waals surface area contributed by atoms with Gasteiger partial charge in [0.05, 0.1) is 4.90 Å². The van der Waals surface area contributed by atoms with Crippen LogP contribution in [0.25, 0.3) is 0 Å². The molecule has 3 N–H and O–H groups in total. The summed E-state index contributed by atoms with van der Waals surface area (Å²) in [4.78, 5) is 25.3. The van der Waals surface area contributed by atoms with Gasteiger partial charge in [0.2, 0.25) is 5.91 Å². The molecule has 0 aliphatic carbocycles. The smallest absolute Gasteiger partial charge is 0.261 e. The van der Waals surface area contributed by atoms with E-state index in [2.05, 4.69) is 4.72 Å². The summed E-state index contributed by atoms with van der Waals surface area (Å²) in [6.45, 7) is 2.46. The minimum atomic E-state index is -3.79. The molecule has 2 aromatic rings. The molecule has 10 heteroatoms. The Morgan fingerprint density at radius 2 is 1.81 bits per heavy atom. The van der Waals surface area contributed by atoms with E-state index in [0.29, 0.717) is 48.0 Å². The zero-order valence-corrected chi connectivity index (χ0v) is 18.6. The first-order valence-electron chi connectivity index (χ1n) is 9.74. The summed E-state index contributed by atoms with van der Waals surface area (Å²) < 4.78 is 33.3. The van der Waals surface area contributed by atoms with Gasteiger partial charge in [-0.2, -0.15) is 0 Å². The van der Waals surface area contributed by atoms with Gasteiger partial charge in [-0.15, -0.1) is 0 Å². The molecule has 1 heterocycles. The van der Waals surface area contributed by atoms with Crippen molar-refractivity contribution in [2.75, 3.05) is 24.4 Å². The van der Waals surface area contributed by atoms with Gasteiger partial charge >= 0.3 is 0 Å². The molecule has 0 saturated carbocycles. The van der Waals surface area contributed by atoms with Crippen LogP contribution >= 0.6 is 11.6 Å². The SMILES string of the molecule is Cc1cc(S(=O)(=O)Nc2ccc(Cl)cc2)ccc1OCC(=O)N1CCC(C(N)=O)CC1. The van der Waals surface area contributed by atoms with Gasteiger partial charge in [-0.25, -0.2) is 8.42 Å². The van der Waals surface area contributed by atoms with E-state index in [1.807, 2.05) is 0 Å². The fraction of sp³-hybridized carbons (Fsp3) is 0.333. The summed E-state index contributed by atoms with van der Waals surface area (Å²) in [5.41, 5.74) is 6.29. The Bertz CT molecular complexity index is 1060. The number of hydrogen-bond acceptors (Lipinski definition) is 5. The fourth-order valence-corrected chi connectivity index (χ4v) is 4.60. The molecule has 2 amide bonds. The lowest BCUT2D eigenvalue weighted by Gasteiger charge is -2.30. The quantitative estimate of drug-likeness (QED) is 0.651. The lowest BCUT2D eigenvalue weighted by atomic mass is 9.96. The first-order valence-corrected chi connectivity index (χ1v) is 11.6. The highest BCUT2D eigenvalue weighted by Gasteiger charge is 2.26. The third kappa shape index (κ3) is 5.89. The van der Waals surface area contributed by atoms with E-state index in [1.54, 1.807) is 36.1 Å². The maximum absolute atomic E-state index is 12.6. The van der Waals surface area contributed by atoms with Crippen LogP contribution in [0.5, 0.6) is 5.75 Å². The van der Waals surface area contributed by atoms with Crippen molar-refractivity contribution in [3.05, 3.63) is 53.1 Å². The molecule has 0 radical (unpaired) electrons. The lowest BCUT2D eigenvalue weighted by molar-refractivity contribution is -0.136. The highest BCUT2D eigenvalue weighted by atomic mass is 35.5. The number of benzene rings is 2. The maximum Gasteiger partial charge on any atom is 0.261 e. The number of halogens is 1. The highest BCUT2D eigenvalue weighted by Crippen LogP contribution is 2.24. The second kappa shape index (κ2) is 9.57. The number of nitrogens with zero attached hydrogens (tertiary/aromatic N) is 1. The van der Waals surface area contributed by atoms with Crippen molar-refractivity contribution >= 4 is 39.1 Å². The van der Waals surface area contributed by atoms with Crippen LogP contribution in [0.4, 0.5) is 5.69 Å². The van der Waals surface area contributed by atoms with Crippen molar-refractivity contribution in [1.29, 1.82) is 0 Å². The van der Waals surface area contributed by atoms with Crippen molar-refractivity contribution in [3.8, 4) is 5.75 Å². The third-order valence-corrected chi connectivity index (χ3v) is 6.79. The molecule has 1 fully saturated rings. The summed E-state index contributed by atoms with van der Waals surface area (Å²) >= 11 is 5.82. The fourth-order valence-electron chi connectivity index (χ4n) is 3.33. The molecule has 31 heavy (non-hydrogen) atoms. The molecule has 1 saturated heterocycles. The van der Waals surface area contributed by atoms with Crippen LogP contribution < -0.4 is 15.2 Å². The van der Waals surface area contributed by atoms with E-state index in [9.17, 15) is 18.0 Å². The van der Waals surface area contributed by atoms with E-state index in [0.717, 1.165) is 0 Å². The van der Waals surface area contributed by atoms with Gasteiger partial charge in [0.25, 0.3) is 15.9 Å². The standard InChI is InChI=1S/C21H24ClN3O5S/c1-14-12-18(31(28,29)24-17-4-2-16(22)3-5-17)6-7-19(14)30-13-20(26)25-10-8-15(9-11-25)21(23)27/h2-7,12,15,24H,8-11,13H2,1H3,(H2,23,27).